The molecule has 8 heteroatoms. The van der Waals surface area contributed by atoms with Gasteiger partial charge in [0.1, 0.15) is 6.54 Å². The Morgan fingerprint density at radius 3 is 2.61 bits per heavy atom. The molecule has 4 rings (SSSR count). The minimum Gasteiger partial charge on any atom is -0.324 e. The Hall–Kier alpha value is -2.71. The third-order valence-electron chi connectivity index (χ3n) is 6.56. The highest BCUT2D eigenvalue weighted by atomic mass is 32.2. The molecular formula is C25H31N3O4S. The van der Waals surface area contributed by atoms with Gasteiger partial charge in [0.25, 0.3) is 0 Å². The number of aryl methyl sites for hydroxylation is 3. The smallest absolute Gasteiger partial charge is 0.244 e. The van der Waals surface area contributed by atoms with Gasteiger partial charge in [-0.15, -0.1) is 0 Å². The highest BCUT2D eigenvalue weighted by molar-refractivity contribution is 7.89. The lowest BCUT2D eigenvalue weighted by Crippen LogP contribution is -2.42. The van der Waals surface area contributed by atoms with E-state index in [4.69, 9.17) is 0 Å². The minimum atomic E-state index is -3.60. The van der Waals surface area contributed by atoms with Crippen LogP contribution in [0.3, 0.4) is 0 Å². The number of piperidine rings is 1. The number of nitrogens with zero attached hydrogens (tertiary/aromatic N) is 2. The molecule has 7 nitrogen and oxygen atoms in total. The summed E-state index contributed by atoms with van der Waals surface area (Å²) in [6, 6.07) is 10.6. The first kappa shape index (κ1) is 23.4. The van der Waals surface area contributed by atoms with Crippen LogP contribution in [0.2, 0.25) is 0 Å². The number of anilines is 2. The lowest BCUT2D eigenvalue weighted by atomic mass is 10.0. The van der Waals surface area contributed by atoms with E-state index in [2.05, 4.69) is 5.32 Å². The van der Waals surface area contributed by atoms with E-state index < -0.39 is 10.0 Å². The Balaban J connectivity index is 1.55. The van der Waals surface area contributed by atoms with Gasteiger partial charge in [0.05, 0.1) is 4.90 Å². The molecule has 176 valence electrons. The van der Waals surface area contributed by atoms with Crippen molar-refractivity contribution >= 4 is 33.2 Å². The summed E-state index contributed by atoms with van der Waals surface area (Å²) in [4.78, 5) is 27.1. The van der Waals surface area contributed by atoms with E-state index in [1.807, 2.05) is 39.0 Å². The predicted molar refractivity (Wildman–Crippen MR) is 129 cm³/mol. The van der Waals surface area contributed by atoms with Crippen LogP contribution in [0.25, 0.3) is 0 Å². The molecule has 0 saturated carbocycles. The van der Waals surface area contributed by atoms with Crippen LogP contribution >= 0.6 is 0 Å². The van der Waals surface area contributed by atoms with E-state index in [9.17, 15) is 18.0 Å². The van der Waals surface area contributed by atoms with Crippen LogP contribution < -0.4 is 10.2 Å². The fourth-order valence-electron chi connectivity index (χ4n) is 4.72. The molecule has 2 heterocycles. The zero-order valence-electron chi connectivity index (χ0n) is 19.4. The van der Waals surface area contributed by atoms with E-state index in [1.54, 1.807) is 22.5 Å². The molecule has 0 bridgehead atoms. The number of benzene rings is 2. The summed E-state index contributed by atoms with van der Waals surface area (Å²) in [6.45, 7) is 6.28. The molecule has 1 fully saturated rings. The molecule has 1 N–H and O–H groups in total. The van der Waals surface area contributed by atoms with Crippen LogP contribution in [-0.2, 0) is 26.0 Å². The lowest BCUT2D eigenvalue weighted by molar-refractivity contribution is -0.121. The molecule has 2 aromatic carbocycles. The molecule has 0 spiro atoms. The van der Waals surface area contributed by atoms with Crippen LogP contribution in [0.15, 0.2) is 41.3 Å². The van der Waals surface area contributed by atoms with Gasteiger partial charge in [-0.05, 0) is 75.4 Å². The summed E-state index contributed by atoms with van der Waals surface area (Å²) < 4.78 is 28.1. The Kier molecular flexibility index (Phi) is 6.59. The van der Waals surface area contributed by atoms with Gasteiger partial charge in [-0.1, -0.05) is 24.1 Å². The number of rotatable bonds is 5. The fourth-order valence-corrected chi connectivity index (χ4v) is 6.47. The van der Waals surface area contributed by atoms with Crippen molar-refractivity contribution in [2.24, 2.45) is 0 Å². The second kappa shape index (κ2) is 9.27. The summed E-state index contributed by atoms with van der Waals surface area (Å²) in [6.07, 6.45) is 3.47. The summed E-state index contributed by atoms with van der Waals surface area (Å²) in [7, 11) is -3.60. The summed E-state index contributed by atoms with van der Waals surface area (Å²) in [5.74, 6) is -0.430. The maximum absolute atomic E-state index is 13.2. The molecule has 2 amide bonds. The zero-order valence-corrected chi connectivity index (χ0v) is 20.2. The number of carbonyl (C=O) groups is 2. The van der Waals surface area contributed by atoms with E-state index in [-0.39, 0.29) is 35.7 Å². The highest BCUT2D eigenvalue weighted by Gasteiger charge is 2.33. The fraction of sp³-hybridized carbons (Fsp3) is 0.440. The zero-order chi connectivity index (χ0) is 23.8. The average Bonchev–Trinajstić information content (AvgIpc) is 2.77. The molecule has 0 radical (unpaired) electrons. The average molecular weight is 470 g/mol. The number of sulfonamides is 1. The molecule has 0 aromatic heterocycles. The maximum atomic E-state index is 13.2. The van der Waals surface area contributed by atoms with Crippen molar-refractivity contribution in [3.8, 4) is 0 Å². The molecule has 2 aliphatic rings. The minimum absolute atomic E-state index is 0.0215. The van der Waals surface area contributed by atoms with Gasteiger partial charge in [-0.2, -0.15) is 4.31 Å². The summed E-state index contributed by atoms with van der Waals surface area (Å²) in [5, 5.41) is 2.88. The van der Waals surface area contributed by atoms with Gasteiger partial charge < -0.3 is 10.2 Å². The van der Waals surface area contributed by atoms with Crippen molar-refractivity contribution in [2.45, 2.75) is 63.8 Å². The quantitative estimate of drug-likeness (QED) is 0.722. The van der Waals surface area contributed by atoms with Crippen LogP contribution in [0.4, 0.5) is 11.4 Å². The normalized spacial score (nSPS) is 19.3. The van der Waals surface area contributed by atoms with Crippen molar-refractivity contribution in [3.63, 3.8) is 0 Å². The molecule has 1 atom stereocenters. The molecule has 33 heavy (non-hydrogen) atoms. The van der Waals surface area contributed by atoms with Crippen molar-refractivity contribution in [3.05, 3.63) is 53.1 Å². The van der Waals surface area contributed by atoms with E-state index in [0.717, 1.165) is 36.0 Å². The first-order chi connectivity index (χ1) is 15.7. The number of hydrogen-bond donors (Lipinski definition) is 1. The van der Waals surface area contributed by atoms with Gasteiger partial charge in [-0.25, -0.2) is 8.42 Å². The van der Waals surface area contributed by atoms with Crippen LogP contribution in [-0.4, -0.2) is 43.7 Å². The molecule has 1 saturated heterocycles. The monoisotopic (exact) mass is 469 g/mol. The number of fused-ring (bicyclic) bond motifs is 1. The number of amides is 2. The maximum Gasteiger partial charge on any atom is 0.244 e. The van der Waals surface area contributed by atoms with Crippen molar-refractivity contribution in [1.82, 2.24) is 4.31 Å². The predicted octanol–water partition coefficient (Wildman–Crippen LogP) is 3.78. The van der Waals surface area contributed by atoms with E-state index in [1.165, 1.54) is 4.90 Å². The van der Waals surface area contributed by atoms with Crippen LogP contribution in [0.1, 0.15) is 49.3 Å². The molecule has 0 unspecified atom stereocenters. The van der Waals surface area contributed by atoms with E-state index in [0.29, 0.717) is 24.3 Å². The summed E-state index contributed by atoms with van der Waals surface area (Å²) in [5.41, 5.74) is 4.16. The van der Waals surface area contributed by atoms with Crippen molar-refractivity contribution in [1.29, 1.82) is 0 Å². The third-order valence-corrected chi connectivity index (χ3v) is 8.57. The second-order valence-electron chi connectivity index (χ2n) is 9.10. The van der Waals surface area contributed by atoms with Crippen molar-refractivity contribution < 1.29 is 18.0 Å². The summed E-state index contributed by atoms with van der Waals surface area (Å²) >= 11 is 0. The van der Waals surface area contributed by atoms with Gasteiger partial charge in [0.2, 0.25) is 21.8 Å². The van der Waals surface area contributed by atoms with E-state index >= 15 is 0 Å². The van der Waals surface area contributed by atoms with Gasteiger partial charge in [-0.3, -0.25) is 9.59 Å². The van der Waals surface area contributed by atoms with Gasteiger partial charge >= 0.3 is 0 Å². The number of carbonyl (C=O) groups excluding carboxylic acids is 2. The largest absolute Gasteiger partial charge is 0.324 e. The Labute approximate surface area is 195 Å². The second-order valence-corrected chi connectivity index (χ2v) is 11.0. The highest BCUT2D eigenvalue weighted by Crippen LogP contribution is 2.32. The molecule has 0 aliphatic carbocycles. The molecule has 2 aromatic rings. The van der Waals surface area contributed by atoms with Gasteiger partial charge in [0, 0.05) is 30.4 Å². The SMILES string of the molecule is Cc1ccc(NC(=O)CN2C(=O)CCc3cc(S(=O)(=O)N4CCCC[C@@H]4C)ccc32)c(C)c1. The third kappa shape index (κ3) is 4.82. The Morgan fingerprint density at radius 2 is 1.88 bits per heavy atom. The van der Waals surface area contributed by atoms with Crippen LogP contribution in [0.5, 0.6) is 0 Å². The topological polar surface area (TPSA) is 86.8 Å². The Morgan fingerprint density at radius 1 is 1.09 bits per heavy atom. The number of nitrogens with one attached hydrogen (secondary N) is 1. The first-order valence-corrected chi connectivity index (χ1v) is 12.9. The van der Waals surface area contributed by atoms with Crippen molar-refractivity contribution in [2.75, 3.05) is 23.3 Å². The molecular weight excluding hydrogens is 438 g/mol. The molecule has 2 aliphatic heterocycles. The lowest BCUT2D eigenvalue weighted by Gasteiger charge is -2.33. The standard InChI is InChI=1S/C25H31N3O4S/c1-17-7-10-22(18(2)14-17)26-24(29)16-27-23-11-9-21(15-20(23)8-12-25(27)30)33(31,32)28-13-5-4-6-19(28)3/h7,9-11,14-15,19H,4-6,8,12-13,16H2,1-3H3,(H,26,29)/t19-/m0/s1. The Bertz CT molecular complexity index is 1190. The van der Waals surface area contributed by atoms with Crippen LogP contribution in [0, 0.1) is 13.8 Å². The first-order valence-electron chi connectivity index (χ1n) is 11.5. The number of hydrogen-bond acceptors (Lipinski definition) is 4. The van der Waals surface area contributed by atoms with Gasteiger partial charge in [0.15, 0.2) is 0 Å².